The first-order valence-electron chi connectivity index (χ1n) is 6.80. The van der Waals surface area contributed by atoms with Crippen molar-refractivity contribution in [2.75, 3.05) is 24.4 Å². The number of hydrogen-bond acceptors (Lipinski definition) is 8. The topological polar surface area (TPSA) is 119 Å². The fourth-order valence-electron chi connectivity index (χ4n) is 1.70. The molecule has 0 aliphatic carbocycles. The van der Waals surface area contributed by atoms with E-state index in [2.05, 4.69) is 38.1 Å². The van der Waals surface area contributed by atoms with Crippen LogP contribution in [0, 0.1) is 3.57 Å². The maximum absolute atomic E-state index is 10.7. The molecule has 0 aliphatic rings. The highest BCUT2D eigenvalue weighted by Crippen LogP contribution is 2.34. The molecule has 128 valence electrons. The second-order valence-electron chi connectivity index (χ2n) is 4.39. The minimum absolute atomic E-state index is 0.401. The van der Waals surface area contributed by atoms with Crippen LogP contribution in [0.1, 0.15) is 12.5 Å². The summed E-state index contributed by atoms with van der Waals surface area (Å²) in [6.45, 7) is 1.83. The second-order valence-corrected chi connectivity index (χ2v) is 6.41. The van der Waals surface area contributed by atoms with E-state index in [-0.39, 0.29) is 0 Å². The van der Waals surface area contributed by atoms with Gasteiger partial charge in [0.25, 0.3) is 0 Å². The number of aliphatic carboxylic acids is 1. The molecule has 10 heteroatoms. The third kappa shape index (κ3) is 5.23. The van der Waals surface area contributed by atoms with Crippen molar-refractivity contribution < 1.29 is 19.4 Å². The molecule has 24 heavy (non-hydrogen) atoms. The number of halogens is 1. The van der Waals surface area contributed by atoms with Gasteiger partial charge < -0.3 is 20.3 Å². The number of hydrogen-bond donors (Lipinski definition) is 3. The number of aromatic nitrogens is 1. The zero-order chi connectivity index (χ0) is 17.5. The third-order valence-electron chi connectivity index (χ3n) is 2.57. The van der Waals surface area contributed by atoms with Gasteiger partial charge in [-0.2, -0.15) is 5.10 Å². The van der Waals surface area contributed by atoms with Crippen molar-refractivity contribution >= 4 is 57.1 Å². The number of benzene rings is 1. The molecule has 0 atom stereocenters. The lowest BCUT2D eigenvalue weighted by atomic mass is 10.2. The molecule has 0 fully saturated rings. The van der Waals surface area contributed by atoms with Crippen molar-refractivity contribution in [1.29, 1.82) is 0 Å². The van der Waals surface area contributed by atoms with Gasteiger partial charge in [-0.05, 0) is 47.2 Å². The molecule has 0 spiro atoms. The number of nitrogens with one attached hydrogen (secondary N) is 1. The smallest absolute Gasteiger partial charge is 0.341 e. The molecule has 1 aromatic carbocycles. The zero-order valence-electron chi connectivity index (χ0n) is 12.7. The van der Waals surface area contributed by atoms with Crippen molar-refractivity contribution in [3.05, 3.63) is 26.6 Å². The molecule has 2 rings (SSSR count). The number of carboxylic acid groups (broad SMARTS) is 1. The molecular formula is C14H15IN4O4S. The molecule has 0 saturated carbocycles. The summed E-state index contributed by atoms with van der Waals surface area (Å²) in [5.74, 6) is 0.250. The van der Waals surface area contributed by atoms with Crippen LogP contribution in [0.15, 0.2) is 22.6 Å². The Bertz CT molecular complexity index is 750. The van der Waals surface area contributed by atoms with Crippen molar-refractivity contribution in [2.24, 2.45) is 5.10 Å². The summed E-state index contributed by atoms with van der Waals surface area (Å²) in [5.41, 5.74) is 9.09. The van der Waals surface area contributed by atoms with Gasteiger partial charge in [0.2, 0.25) is 5.13 Å². The Morgan fingerprint density at radius 3 is 2.96 bits per heavy atom. The van der Waals surface area contributed by atoms with E-state index in [1.54, 1.807) is 17.7 Å². The maximum atomic E-state index is 10.7. The van der Waals surface area contributed by atoms with Gasteiger partial charge in [-0.1, -0.05) is 0 Å². The highest BCUT2D eigenvalue weighted by molar-refractivity contribution is 14.1. The van der Waals surface area contributed by atoms with Gasteiger partial charge in [0.1, 0.15) is 5.82 Å². The van der Waals surface area contributed by atoms with Crippen molar-refractivity contribution in [3.8, 4) is 11.5 Å². The molecule has 8 nitrogen and oxygen atoms in total. The van der Waals surface area contributed by atoms with E-state index in [1.165, 1.54) is 11.3 Å². The molecule has 0 saturated heterocycles. The van der Waals surface area contributed by atoms with Crippen molar-refractivity contribution in [3.63, 3.8) is 0 Å². The van der Waals surface area contributed by atoms with E-state index >= 15 is 0 Å². The molecule has 4 N–H and O–H groups in total. The molecule has 1 aromatic heterocycles. The fraction of sp³-hybridized carbons (Fsp3) is 0.214. The van der Waals surface area contributed by atoms with Crippen molar-refractivity contribution in [2.45, 2.75) is 6.92 Å². The number of nitrogens with two attached hydrogens (primary N) is 1. The van der Waals surface area contributed by atoms with E-state index in [9.17, 15) is 4.79 Å². The zero-order valence-corrected chi connectivity index (χ0v) is 15.6. The molecule has 0 bridgehead atoms. The fourth-order valence-corrected chi connectivity index (χ4v) is 3.03. The summed E-state index contributed by atoms with van der Waals surface area (Å²) in [7, 11) is 0. The first kappa shape index (κ1) is 18.3. The Labute approximate surface area is 155 Å². The normalized spacial score (nSPS) is 10.8. The van der Waals surface area contributed by atoms with Gasteiger partial charge in [-0.25, -0.2) is 9.78 Å². The van der Waals surface area contributed by atoms with Crippen LogP contribution >= 0.6 is 33.9 Å². The van der Waals surface area contributed by atoms with Gasteiger partial charge in [-0.15, -0.1) is 11.3 Å². The van der Waals surface area contributed by atoms with Crippen LogP contribution in [0.4, 0.5) is 10.9 Å². The Kier molecular flexibility index (Phi) is 6.61. The van der Waals surface area contributed by atoms with E-state index in [1.807, 2.05) is 13.0 Å². The number of carboxylic acids is 1. The Morgan fingerprint density at radius 2 is 2.33 bits per heavy atom. The van der Waals surface area contributed by atoms with E-state index in [0.29, 0.717) is 29.1 Å². The number of carbonyl (C=O) groups is 1. The van der Waals surface area contributed by atoms with Crippen LogP contribution in [0.2, 0.25) is 0 Å². The lowest BCUT2D eigenvalue weighted by Crippen LogP contribution is -2.11. The summed E-state index contributed by atoms with van der Waals surface area (Å²) in [6, 6.07) is 3.53. The number of rotatable bonds is 8. The lowest BCUT2D eigenvalue weighted by Gasteiger charge is -2.13. The maximum Gasteiger partial charge on any atom is 0.341 e. The predicted octanol–water partition coefficient (Wildman–Crippen LogP) is 2.64. The number of nitrogens with zero attached hydrogens (tertiary/aromatic N) is 2. The molecule has 2 aromatic rings. The standard InChI is InChI=1S/C14H15IN4O4S/c1-2-22-10-4-8(3-9(15)13(10)23-6-12(20)21)5-17-19-14-18-11(16)7-24-14/h3-5,7H,2,6,16H2,1H3,(H,18,19)(H,20,21). The number of nitrogen functional groups attached to an aromatic ring is 1. The van der Waals surface area contributed by atoms with E-state index in [4.69, 9.17) is 20.3 Å². The monoisotopic (exact) mass is 462 g/mol. The summed E-state index contributed by atoms with van der Waals surface area (Å²) >= 11 is 3.41. The summed E-state index contributed by atoms with van der Waals surface area (Å²) in [5, 5.41) is 15.1. The molecule has 0 unspecified atom stereocenters. The summed E-state index contributed by atoms with van der Waals surface area (Å²) in [4.78, 5) is 14.7. The van der Waals surface area contributed by atoms with Gasteiger partial charge in [-0.3, -0.25) is 5.43 Å². The molecule has 1 heterocycles. The Balaban J connectivity index is 2.16. The molecule has 0 amide bonds. The Morgan fingerprint density at radius 1 is 1.54 bits per heavy atom. The SMILES string of the molecule is CCOc1cc(C=NNc2nc(N)cs2)cc(I)c1OCC(=O)O. The van der Waals surface area contributed by atoms with Gasteiger partial charge >= 0.3 is 5.97 Å². The summed E-state index contributed by atoms with van der Waals surface area (Å²) in [6.07, 6.45) is 1.60. The lowest BCUT2D eigenvalue weighted by molar-refractivity contribution is -0.139. The van der Waals surface area contributed by atoms with Crippen LogP contribution in [-0.4, -0.2) is 35.5 Å². The van der Waals surface area contributed by atoms with E-state index in [0.717, 1.165) is 9.13 Å². The van der Waals surface area contributed by atoms with Gasteiger partial charge in [0.05, 0.1) is 16.4 Å². The van der Waals surface area contributed by atoms with Crippen LogP contribution in [0.3, 0.4) is 0 Å². The van der Waals surface area contributed by atoms with Crippen LogP contribution in [-0.2, 0) is 4.79 Å². The second kappa shape index (κ2) is 8.68. The van der Waals surface area contributed by atoms with Crippen molar-refractivity contribution in [1.82, 2.24) is 4.98 Å². The molecule has 0 aliphatic heterocycles. The highest BCUT2D eigenvalue weighted by atomic mass is 127. The van der Waals surface area contributed by atoms with Crippen LogP contribution in [0.5, 0.6) is 11.5 Å². The number of ether oxygens (including phenoxy) is 2. The summed E-state index contributed by atoms with van der Waals surface area (Å²) < 4.78 is 11.5. The third-order valence-corrected chi connectivity index (χ3v) is 4.13. The average Bonchev–Trinajstić information content (AvgIpc) is 2.92. The number of thiazole rings is 1. The van der Waals surface area contributed by atoms with Gasteiger partial charge in [0.15, 0.2) is 18.1 Å². The van der Waals surface area contributed by atoms with Gasteiger partial charge in [0, 0.05) is 5.38 Å². The first-order chi connectivity index (χ1) is 11.5. The molecule has 0 radical (unpaired) electrons. The average molecular weight is 462 g/mol. The number of hydrazone groups is 1. The van der Waals surface area contributed by atoms with Crippen LogP contribution < -0.4 is 20.6 Å². The first-order valence-corrected chi connectivity index (χ1v) is 8.76. The van der Waals surface area contributed by atoms with E-state index < -0.39 is 12.6 Å². The quantitative estimate of drug-likeness (QED) is 0.314. The van der Waals surface area contributed by atoms with Crippen LogP contribution in [0.25, 0.3) is 0 Å². The minimum Gasteiger partial charge on any atom is -0.490 e. The molecular weight excluding hydrogens is 447 g/mol. The largest absolute Gasteiger partial charge is 0.490 e. The number of anilines is 2. The minimum atomic E-state index is -1.05. The Hall–Kier alpha value is -2.08. The highest BCUT2D eigenvalue weighted by Gasteiger charge is 2.13. The predicted molar refractivity (Wildman–Crippen MR) is 101 cm³/mol.